The monoisotopic (exact) mass is 372 g/mol. The summed E-state index contributed by atoms with van der Waals surface area (Å²) in [6.45, 7) is 7.79. The lowest BCUT2D eigenvalue weighted by Crippen LogP contribution is -2.22. The van der Waals surface area contributed by atoms with Gasteiger partial charge in [0, 0.05) is 31.5 Å². The van der Waals surface area contributed by atoms with E-state index in [1.165, 1.54) is 16.9 Å². The number of fused-ring (bicyclic) bond motifs is 1. The van der Waals surface area contributed by atoms with Crippen molar-refractivity contribution in [3.05, 3.63) is 40.4 Å². The fourth-order valence-corrected chi connectivity index (χ4v) is 3.97. The summed E-state index contributed by atoms with van der Waals surface area (Å²) in [4.78, 5) is 18.6. The highest BCUT2D eigenvalue weighted by atomic mass is 32.1. The van der Waals surface area contributed by atoms with Gasteiger partial charge < -0.3 is 15.4 Å². The second-order valence-corrected chi connectivity index (χ2v) is 7.07. The van der Waals surface area contributed by atoms with E-state index in [1.54, 1.807) is 7.11 Å². The number of aromatic nitrogens is 2. The molecular weight excluding hydrogens is 348 g/mol. The molecule has 0 bridgehead atoms. The molecule has 0 atom stereocenters. The van der Waals surface area contributed by atoms with Gasteiger partial charge in [-0.25, -0.2) is 4.98 Å². The lowest BCUT2D eigenvalue weighted by Gasteiger charge is -2.10. The number of aryl methyl sites for hydroxylation is 2. The molecule has 2 heterocycles. The Labute approximate surface area is 157 Å². The first-order chi connectivity index (χ1) is 12.6. The average Bonchev–Trinajstić information content (AvgIpc) is 3.13. The second kappa shape index (κ2) is 7.88. The summed E-state index contributed by atoms with van der Waals surface area (Å²) < 4.78 is 7.20. The molecule has 0 aliphatic carbocycles. The summed E-state index contributed by atoms with van der Waals surface area (Å²) in [5.41, 5.74) is 4.02. The van der Waals surface area contributed by atoms with Crippen molar-refractivity contribution in [2.75, 3.05) is 32.1 Å². The summed E-state index contributed by atoms with van der Waals surface area (Å²) in [6, 6.07) is 8.28. The molecule has 0 unspecified atom stereocenters. The Kier molecular flexibility index (Phi) is 5.58. The van der Waals surface area contributed by atoms with Gasteiger partial charge in [-0.05, 0) is 26.8 Å². The van der Waals surface area contributed by atoms with Gasteiger partial charge in [0.15, 0.2) is 4.96 Å². The fraction of sp³-hybridized carbons (Fsp3) is 0.368. The summed E-state index contributed by atoms with van der Waals surface area (Å²) >= 11 is 1.41. The van der Waals surface area contributed by atoms with Crippen LogP contribution in [0.1, 0.15) is 27.9 Å². The Hall–Kier alpha value is -2.38. The van der Waals surface area contributed by atoms with E-state index in [2.05, 4.69) is 35.8 Å². The fourth-order valence-electron chi connectivity index (χ4n) is 2.93. The summed E-state index contributed by atoms with van der Waals surface area (Å²) in [5.74, 6) is 0.840. The lowest BCUT2D eigenvalue weighted by atomic mass is 10.1. The maximum absolute atomic E-state index is 12.3. The highest BCUT2D eigenvalue weighted by Crippen LogP contribution is 2.34. The number of carbonyl (C=O) groups is 1. The number of rotatable bonds is 7. The number of methoxy groups -OCH3 is 1. The molecular formula is C19H24N4O2S. The first-order valence-electron chi connectivity index (χ1n) is 8.66. The van der Waals surface area contributed by atoms with Gasteiger partial charge in [-0.1, -0.05) is 35.1 Å². The van der Waals surface area contributed by atoms with Crippen LogP contribution in [0.3, 0.4) is 0 Å². The number of nitrogens with zero attached hydrogens (tertiary/aromatic N) is 2. The largest absolute Gasteiger partial charge is 0.383 e. The average molecular weight is 372 g/mol. The van der Waals surface area contributed by atoms with Crippen molar-refractivity contribution in [3.63, 3.8) is 0 Å². The minimum Gasteiger partial charge on any atom is -0.383 e. The van der Waals surface area contributed by atoms with Crippen molar-refractivity contribution in [1.82, 2.24) is 14.7 Å². The number of hydrogen-bond donors (Lipinski definition) is 2. The molecule has 0 saturated carbocycles. The number of thiazole rings is 1. The standard InChI is InChI=1S/C19H24N4O2S/c1-5-20-18(24)16-13(3)23-17(21-9-10-25-4)15(22-19(23)26-16)14-8-6-7-12(2)11-14/h6-8,11,21H,5,9-10H2,1-4H3,(H,20,24). The number of imidazole rings is 1. The van der Waals surface area contributed by atoms with E-state index in [9.17, 15) is 4.79 Å². The molecule has 3 rings (SSSR count). The van der Waals surface area contributed by atoms with Crippen LogP contribution in [0, 0.1) is 13.8 Å². The lowest BCUT2D eigenvalue weighted by molar-refractivity contribution is 0.0959. The molecule has 0 saturated heterocycles. The van der Waals surface area contributed by atoms with Crippen LogP contribution < -0.4 is 10.6 Å². The van der Waals surface area contributed by atoms with E-state index in [0.717, 1.165) is 27.7 Å². The number of benzene rings is 1. The zero-order valence-electron chi connectivity index (χ0n) is 15.5. The van der Waals surface area contributed by atoms with E-state index in [1.807, 2.05) is 24.3 Å². The molecule has 0 aliphatic rings. The predicted molar refractivity (Wildman–Crippen MR) is 106 cm³/mol. The Morgan fingerprint density at radius 2 is 2.15 bits per heavy atom. The number of anilines is 1. The normalized spacial score (nSPS) is 11.1. The quantitative estimate of drug-likeness (QED) is 0.623. The maximum atomic E-state index is 12.3. The molecule has 26 heavy (non-hydrogen) atoms. The second-order valence-electron chi connectivity index (χ2n) is 6.09. The molecule has 138 valence electrons. The van der Waals surface area contributed by atoms with Crippen LogP contribution in [-0.4, -0.2) is 42.1 Å². The van der Waals surface area contributed by atoms with Gasteiger partial charge in [-0.2, -0.15) is 0 Å². The number of ether oxygens (including phenoxy) is 1. The van der Waals surface area contributed by atoms with Crippen LogP contribution in [0.2, 0.25) is 0 Å². The van der Waals surface area contributed by atoms with Crippen molar-refractivity contribution in [1.29, 1.82) is 0 Å². The van der Waals surface area contributed by atoms with Crippen molar-refractivity contribution in [2.45, 2.75) is 20.8 Å². The number of hydrogen-bond acceptors (Lipinski definition) is 5. The van der Waals surface area contributed by atoms with Crippen LogP contribution in [0.4, 0.5) is 5.82 Å². The first kappa shape index (κ1) is 18.4. The molecule has 0 fully saturated rings. The molecule has 3 aromatic rings. The third-order valence-corrected chi connectivity index (χ3v) is 5.28. The van der Waals surface area contributed by atoms with E-state index < -0.39 is 0 Å². The third-order valence-electron chi connectivity index (χ3n) is 4.14. The van der Waals surface area contributed by atoms with E-state index >= 15 is 0 Å². The van der Waals surface area contributed by atoms with Gasteiger partial charge in [0.1, 0.15) is 16.4 Å². The highest BCUT2D eigenvalue weighted by Gasteiger charge is 2.22. The molecule has 0 spiro atoms. The summed E-state index contributed by atoms with van der Waals surface area (Å²) in [6.07, 6.45) is 0. The molecule has 0 radical (unpaired) electrons. The molecule has 1 amide bonds. The van der Waals surface area contributed by atoms with Crippen LogP contribution in [0.25, 0.3) is 16.2 Å². The van der Waals surface area contributed by atoms with Crippen LogP contribution in [0.15, 0.2) is 24.3 Å². The van der Waals surface area contributed by atoms with Gasteiger partial charge >= 0.3 is 0 Å². The van der Waals surface area contributed by atoms with Crippen molar-refractivity contribution >= 4 is 28.0 Å². The van der Waals surface area contributed by atoms with Gasteiger partial charge in [0.2, 0.25) is 0 Å². The molecule has 2 aromatic heterocycles. The van der Waals surface area contributed by atoms with Crippen LogP contribution in [0.5, 0.6) is 0 Å². The van der Waals surface area contributed by atoms with Crippen molar-refractivity contribution in [2.24, 2.45) is 0 Å². The van der Waals surface area contributed by atoms with E-state index in [0.29, 0.717) is 24.6 Å². The highest BCUT2D eigenvalue weighted by molar-refractivity contribution is 7.19. The van der Waals surface area contributed by atoms with E-state index in [4.69, 9.17) is 9.72 Å². The van der Waals surface area contributed by atoms with E-state index in [-0.39, 0.29) is 5.91 Å². The van der Waals surface area contributed by atoms with Gasteiger partial charge in [-0.15, -0.1) is 0 Å². The Bertz CT molecular complexity index is 929. The van der Waals surface area contributed by atoms with Crippen LogP contribution >= 0.6 is 11.3 Å². The summed E-state index contributed by atoms with van der Waals surface area (Å²) in [7, 11) is 1.68. The minimum absolute atomic E-state index is 0.0551. The first-order valence-corrected chi connectivity index (χ1v) is 9.48. The topological polar surface area (TPSA) is 67.7 Å². The molecule has 2 N–H and O–H groups in total. The van der Waals surface area contributed by atoms with Crippen LogP contribution in [-0.2, 0) is 4.74 Å². The molecule has 6 nitrogen and oxygen atoms in total. The van der Waals surface area contributed by atoms with Crippen molar-refractivity contribution in [3.8, 4) is 11.3 Å². The third kappa shape index (κ3) is 3.45. The minimum atomic E-state index is -0.0551. The molecule has 0 aliphatic heterocycles. The number of amides is 1. The number of carbonyl (C=O) groups excluding carboxylic acids is 1. The predicted octanol–water partition coefficient (Wildman–Crippen LogP) is 3.49. The Morgan fingerprint density at radius 3 is 2.85 bits per heavy atom. The Morgan fingerprint density at radius 1 is 1.35 bits per heavy atom. The van der Waals surface area contributed by atoms with Crippen molar-refractivity contribution < 1.29 is 9.53 Å². The van der Waals surface area contributed by atoms with Gasteiger partial charge in [0.05, 0.1) is 6.61 Å². The zero-order chi connectivity index (χ0) is 18.7. The molecule has 1 aromatic carbocycles. The summed E-state index contributed by atoms with van der Waals surface area (Å²) in [5, 5.41) is 6.30. The number of nitrogens with one attached hydrogen (secondary N) is 2. The SMILES string of the molecule is CCNC(=O)c1sc2nc(-c3cccc(C)c3)c(NCCOC)n2c1C. The van der Waals surface area contributed by atoms with Gasteiger partial charge in [-0.3, -0.25) is 9.20 Å². The Balaban J connectivity index is 2.13. The van der Waals surface area contributed by atoms with Gasteiger partial charge in [0.25, 0.3) is 5.91 Å². The smallest absolute Gasteiger partial charge is 0.263 e. The molecule has 7 heteroatoms. The maximum Gasteiger partial charge on any atom is 0.263 e. The zero-order valence-corrected chi connectivity index (χ0v) is 16.4.